The highest BCUT2D eigenvalue weighted by Gasteiger charge is 2.65. The van der Waals surface area contributed by atoms with Crippen LogP contribution in [0, 0.1) is 30.4 Å². The van der Waals surface area contributed by atoms with Crippen molar-refractivity contribution < 1.29 is 28.3 Å². The third-order valence-electron chi connectivity index (χ3n) is 8.25. The largest absolute Gasteiger partial charge is 0.479 e. The van der Waals surface area contributed by atoms with Crippen LogP contribution in [-0.4, -0.2) is 33.2 Å². The molecule has 196 valence electrons. The number of carboxylic acid groups (broad SMARTS) is 1. The molecule has 38 heavy (non-hydrogen) atoms. The van der Waals surface area contributed by atoms with Crippen molar-refractivity contribution in [3.05, 3.63) is 107 Å². The average molecular weight is 518 g/mol. The Morgan fingerprint density at radius 2 is 1.47 bits per heavy atom. The number of aryl methyl sites for hydroxylation is 1. The van der Waals surface area contributed by atoms with Gasteiger partial charge in [-0.05, 0) is 68.1 Å². The van der Waals surface area contributed by atoms with Crippen molar-refractivity contribution in [3.8, 4) is 0 Å². The maximum atomic E-state index is 14.4. The maximum absolute atomic E-state index is 14.4. The predicted octanol–water partition coefficient (Wildman–Crippen LogP) is 6.08. The first-order valence-corrected chi connectivity index (χ1v) is 12.8. The van der Waals surface area contributed by atoms with E-state index in [1.807, 2.05) is 13.0 Å². The topological polar surface area (TPSA) is 74.7 Å². The molecule has 0 radical (unpaired) electrons. The van der Waals surface area contributed by atoms with Crippen LogP contribution in [0.2, 0.25) is 0 Å². The van der Waals surface area contributed by atoms with E-state index in [1.54, 1.807) is 18.2 Å². The number of ketones is 1. The molecule has 2 fully saturated rings. The number of likely N-dealkylation sites (tertiary alicyclic amines) is 1. The van der Waals surface area contributed by atoms with Gasteiger partial charge in [0.1, 0.15) is 17.2 Å². The summed E-state index contributed by atoms with van der Waals surface area (Å²) >= 11 is 0. The van der Waals surface area contributed by atoms with E-state index < -0.39 is 41.0 Å². The molecule has 7 heteroatoms. The standard InChI is InChI=1S/C31H29F2NO4/c1-18-5-3-8-22(17-18)28(35)25-26(19-9-13-23(32)14-10-19)31(2,30(37)38)34(29(36)21-6-4-7-21)27(25)20-11-15-24(33)16-12-20/h3,5,8-17,21,25-27H,4,6-7H2,1-2H3,(H,37,38). The summed E-state index contributed by atoms with van der Waals surface area (Å²) in [7, 11) is 0. The molecule has 1 heterocycles. The third-order valence-corrected chi connectivity index (χ3v) is 8.25. The number of hydrogen-bond acceptors (Lipinski definition) is 3. The molecular weight excluding hydrogens is 488 g/mol. The second kappa shape index (κ2) is 9.78. The van der Waals surface area contributed by atoms with E-state index in [-0.39, 0.29) is 17.6 Å². The fourth-order valence-electron chi connectivity index (χ4n) is 6.09. The predicted molar refractivity (Wildman–Crippen MR) is 138 cm³/mol. The Bertz CT molecular complexity index is 1380. The van der Waals surface area contributed by atoms with Crippen molar-refractivity contribution in [3.63, 3.8) is 0 Å². The van der Waals surface area contributed by atoms with Gasteiger partial charge in [0.15, 0.2) is 5.78 Å². The zero-order valence-electron chi connectivity index (χ0n) is 21.2. The fourth-order valence-corrected chi connectivity index (χ4v) is 6.09. The molecule has 4 atom stereocenters. The first-order valence-electron chi connectivity index (χ1n) is 12.8. The number of amides is 1. The van der Waals surface area contributed by atoms with Crippen molar-refractivity contribution in [1.29, 1.82) is 0 Å². The molecule has 4 unspecified atom stereocenters. The van der Waals surface area contributed by atoms with Gasteiger partial charge in [-0.1, -0.05) is 54.4 Å². The van der Waals surface area contributed by atoms with Crippen molar-refractivity contribution in [2.45, 2.75) is 50.6 Å². The van der Waals surface area contributed by atoms with Crippen LogP contribution in [0.1, 0.15) is 65.2 Å². The minimum Gasteiger partial charge on any atom is -0.479 e. The van der Waals surface area contributed by atoms with Crippen LogP contribution in [0.5, 0.6) is 0 Å². The van der Waals surface area contributed by atoms with Crippen LogP contribution in [0.4, 0.5) is 8.78 Å². The molecule has 1 aliphatic heterocycles. The normalized spacial score (nSPS) is 25.2. The Kier molecular flexibility index (Phi) is 6.63. The highest BCUT2D eigenvalue weighted by Crippen LogP contribution is 2.57. The molecule has 0 aromatic heterocycles. The second-order valence-electron chi connectivity index (χ2n) is 10.6. The van der Waals surface area contributed by atoms with Gasteiger partial charge in [-0.15, -0.1) is 0 Å². The van der Waals surface area contributed by atoms with E-state index in [9.17, 15) is 28.3 Å². The quantitative estimate of drug-likeness (QED) is 0.402. The molecular formula is C31H29F2NO4. The molecule has 1 saturated heterocycles. The minimum atomic E-state index is -1.83. The zero-order chi connectivity index (χ0) is 27.2. The summed E-state index contributed by atoms with van der Waals surface area (Å²) in [4.78, 5) is 42.9. The number of carboxylic acids is 1. The highest BCUT2D eigenvalue weighted by atomic mass is 19.1. The lowest BCUT2D eigenvalue weighted by molar-refractivity contribution is -0.161. The van der Waals surface area contributed by atoms with E-state index in [0.29, 0.717) is 29.5 Å². The summed E-state index contributed by atoms with van der Waals surface area (Å²) in [5.41, 5.74) is 0.336. The van der Waals surface area contributed by atoms with Crippen molar-refractivity contribution in [2.24, 2.45) is 11.8 Å². The minimum absolute atomic E-state index is 0.325. The molecule has 2 aliphatic rings. The number of carbonyl (C=O) groups is 3. The Labute approximate surface area is 220 Å². The van der Waals surface area contributed by atoms with E-state index in [2.05, 4.69) is 0 Å². The van der Waals surface area contributed by atoms with E-state index in [4.69, 9.17) is 0 Å². The van der Waals surface area contributed by atoms with Crippen LogP contribution in [0.3, 0.4) is 0 Å². The SMILES string of the molecule is Cc1cccc(C(=O)C2C(c3ccc(F)cc3)N(C(=O)C3CCC3)C(C)(C(=O)O)C2c2ccc(F)cc2)c1. The Morgan fingerprint density at radius 1 is 0.895 bits per heavy atom. The number of aliphatic carboxylic acids is 1. The second-order valence-corrected chi connectivity index (χ2v) is 10.6. The van der Waals surface area contributed by atoms with Crippen molar-refractivity contribution in [1.82, 2.24) is 4.90 Å². The number of carbonyl (C=O) groups excluding carboxylic acids is 2. The molecule has 3 aromatic rings. The molecule has 3 aromatic carbocycles. The van der Waals surface area contributed by atoms with Crippen molar-refractivity contribution >= 4 is 17.7 Å². The van der Waals surface area contributed by atoms with Crippen LogP contribution < -0.4 is 0 Å². The number of benzene rings is 3. The van der Waals surface area contributed by atoms with Gasteiger partial charge < -0.3 is 10.0 Å². The molecule has 5 nitrogen and oxygen atoms in total. The molecule has 1 saturated carbocycles. The zero-order valence-corrected chi connectivity index (χ0v) is 21.2. The van der Waals surface area contributed by atoms with Crippen LogP contribution in [0.25, 0.3) is 0 Å². The summed E-state index contributed by atoms with van der Waals surface area (Å²) in [6, 6.07) is 17.0. The average Bonchev–Trinajstić information content (AvgIpc) is 3.14. The first-order chi connectivity index (χ1) is 18.1. The summed E-state index contributed by atoms with van der Waals surface area (Å²) in [5.74, 6) is -5.25. The fraction of sp³-hybridized carbons (Fsp3) is 0.323. The van der Waals surface area contributed by atoms with E-state index >= 15 is 0 Å². The van der Waals surface area contributed by atoms with E-state index in [0.717, 1.165) is 12.0 Å². The molecule has 1 aliphatic carbocycles. The molecule has 1 amide bonds. The van der Waals surface area contributed by atoms with Crippen LogP contribution in [0.15, 0.2) is 72.8 Å². The Hall–Kier alpha value is -3.87. The van der Waals surface area contributed by atoms with Gasteiger partial charge in [0.25, 0.3) is 0 Å². The number of rotatable bonds is 6. The van der Waals surface area contributed by atoms with Gasteiger partial charge in [-0.25, -0.2) is 13.6 Å². The van der Waals surface area contributed by atoms with Gasteiger partial charge in [0.2, 0.25) is 5.91 Å². The monoisotopic (exact) mass is 517 g/mol. The van der Waals surface area contributed by atoms with Crippen LogP contribution >= 0.6 is 0 Å². The number of halogens is 2. The number of nitrogens with zero attached hydrogens (tertiary/aromatic N) is 1. The maximum Gasteiger partial charge on any atom is 0.330 e. The van der Waals surface area contributed by atoms with Gasteiger partial charge in [0.05, 0.1) is 12.0 Å². The Balaban J connectivity index is 1.79. The molecule has 0 bridgehead atoms. The van der Waals surface area contributed by atoms with E-state index in [1.165, 1.54) is 60.4 Å². The summed E-state index contributed by atoms with van der Waals surface area (Å²) in [5, 5.41) is 10.7. The lowest BCUT2D eigenvalue weighted by Gasteiger charge is -2.41. The third kappa shape index (κ3) is 4.20. The number of Topliss-reactive ketones (excluding diaryl/α,β-unsaturated/α-hetero) is 1. The Morgan fingerprint density at radius 3 is 1.97 bits per heavy atom. The molecule has 0 spiro atoms. The van der Waals surface area contributed by atoms with Crippen LogP contribution in [-0.2, 0) is 9.59 Å². The number of hydrogen-bond donors (Lipinski definition) is 1. The van der Waals surface area contributed by atoms with Gasteiger partial charge in [-0.2, -0.15) is 0 Å². The van der Waals surface area contributed by atoms with Gasteiger partial charge >= 0.3 is 5.97 Å². The smallest absolute Gasteiger partial charge is 0.330 e. The first kappa shape index (κ1) is 25.8. The lowest BCUT2D eigenvalue weighted by atomic mass is 9.71. The highest BCUT2D eigenvalue weighted by molar-refractivity contribution is 6.02. The summed E-state index contributed by atoms with van der Waals surface area (Å²) in [6.45, 7) is 3.33. The van der Waals surface area contributed by atoms with Gasteiger partial charge in [0, 0.05) is 17.4 Å². The summed E-state index contributed by atoms with van der Waals surface area (Å²) < 4.78 is 27.9. The molecule has 1 N–H and O–H groups in total. The van der Waals surface area contributed by atoms with Crippen molar-refractivity contribution in [2.75, 3.05) is 0 Å². The lowest BCUT2D eigenvalue weighted by Crippen LogP contribution is -2.56. The summed E-state index contributed by atoms with van der Waals surface area (Å²) in [6.07, 6.45) is 2.14. The molecule has 5 rings (SSSR count). The van der Waals surface area contributed by atoms with Gasteiger partial charge in [-0.3, -0.25) is 9.59 Å².